The van der Waals surface area contributed by atoms with E-state index in [1.807, 2.05) is 19.1 Å². The number of nitrogens with zero attached hydrogens (tertiary/aromatic N) is 1. The summed E-state index contributed by atoms with van der Waals surface area (Å²) >= 11 is 15.4. The van der Waals surface area contributed by atoms with E-state index in [4.69, 9.17) is 32.7 Å². The van der Waals surface area contributed by atoms with Crippen LogP contribution in [0.5, 0.6) is 11.5 Å². The molecule has 0 spiro atoms. The Balaban J connectivity index is 1.69. The van der Waals surface area contributed by atoms with Crippen molar-refractivity contribution >= 4 is 57.2 Å². The number of nitrogens with one attached hydrogen (secondary N) is 1. The van der Waals surface area contributed by atoms with Crippen LogP contribution in [-0.2, 0) is 4.79 Å². The highest BCUT2D eigenvalue weighted by atomic mass is 79.9. The average Bonchev–Trinajstić information content (AvgIpc) is 2.80. The normalized spacial score (nSPS) is 11.8. The van der Waals surface area contributed by atoms with Crippen LogP contribution in [0, 0.1) is 6.92 Å². The summed E-state index contributed by atoms with van der Waals surface area (Å²) in [4.78, 5) is 25.1. The van der Waals surface area contributed by atoms with E-state index in [1.165, 1.54) is 12.3 Å². The first-order valence-electron chi connectivity index (χ1n) is 10.3. The molecule has 0 fully saturated rings. The first-order chi connectivity index (χ1) is 16.3. The number of esters is 1. The fourth-order valence-corrected chi connectivity index (χ4v) is 3.68. The lowest BCUT2D eigenvalue weighted by atomic mass is 10.1. The molecular formula is C25H21BrCl2N2O4. The molecule has 0 bridgehead atoms. The SMILES string of the molecule is CC[C@@H](Oc1ccc(Cl)cc1Cl)C(=O)N/N=C\c1cc(Br)ccc1OC(=O)c1ccc(C)cc1. The number of aryl methyl sites for hydroxylation is 1. The molecule has 0 aliphatic heterocycles. The van der Waals surface area contributed by atoms with Crippen molar-refractivity contribution in [1.29, 1.82) is 0 Å². The van der Waals surface area contributed by atoms with Gasteiger partial charge in [-0.05, 0) is 61.9 Å². The number of carbonyl (C=O) groups excluding carboxylic acids is 2. The second kappa shape index (κ2) is 12.0. The lowest BCUT2D eigenvalue weighted by Crippen LogP contribution is -2.35. The molecule has 0 unspecified atom stereocenters. The van der Waals surface area contributed by atoms with Gasteiger partial charge in [0.05, 0.1) is 16.8 Å². The molecule has 1 amide bonds. The lowest BCUT2D eigenvalue weighted by molar-refractivity contribution is -0.128. The van der Waals surface area contributed by atoms with Crippen molar-refractivity contribution in [3.8, 4) is 11.5 Å². The van der Waals surface area contributed by atoms with Crippen LogP contribution in [0.4, 0.5) is 0 Å². The molecule has 0 saturated heterocycles. The van der Waals surface area contributed by atoms with Gasteiger partial charge in [0.25, 0.3) is 5.91 Å². The van der Waals surface area contributed by atoms with Gasteiger partial charge in [-0.3, -0.25) is 4.79 Å². The second-order valence-electron chi connectivity index (χ2n) is 7.26. The molecule has 0 aromatic heterocycles. The van der Waals surface area contributed by atoms with Crippen LogP contribution in [0.2, 0.25) is 10.0 Å². The molecule has 0 radical (unpaired) electrons. The van der Waals surface area contributed by atoms with Crippen LogP contribution >= 0.6 is 39.1 Å². The van der Waals surface area contributed by atoms with Crippen LogP contribution in [0.25, 0.3) is 0 Å². The van der Waals surface area contributed by atoms with Crippen LogP contribution < -0.4 is 14.9 Å². The zero-order chi connectivity index (χ0) is 24.7. The molecule has 9 heteroatoms. The van der Waals surface area contributed by atoms with E-state index in [0.29, 0.717) is 39.1 Å². The molecule has 34 heavy (non-hydrogen) atoms. The summed E-state index contributed by atoms with van der Waals surface area (Å²) in [6, 6.07) is 16.9. The van der Waals surface area contributed by atoms with Crippen LogP contribution in [0.15, 0.2) is 70.2 Å². The van der Waals surface area contributed by atoms with Gasteiger partial charge in [-0.1, -0.05) is 63.8 Å². The second-order valence-corrected chi connectivity index (χ2v) is 9.02. The zero-order valence-corrected chi connectivity index (χ0v) is 21.4. The largest absolute Gasteiger partial charge is 0.479 e. The predicted molar refractivity (Wildman–Crippen MR) is 137 cm³/mol. The standard InChI is InChI=1S/C25H21BrCl2N2O4/c1-3-21(33-23-11-9-19(27)13-20(23)28)24(31)30-29-14-17-12-18(26)8-10-22(17)34-25(32)16-6-4-15(2)5-7-16/h4-14,21H,3H2,1-2H3,(H,30,31)/b29-14-/t21-/m1/s1. The highest BCUT2D eigenvalue weighted by molar-refractivity contribution is 9.10. The molecule has 3 aromatic carbocycles. The molecular weight excluding hydrogens is 543 g/mol. The molecule has 3 aromatic rings. The van der Waals surface area contributed by atoms with E-state index in [9.17, 15) is 9.59 Å². The summed E-state index contributed by atoms with van der Waals surface area (Å²) in [5, 5.41) is 4.78. The Kier molecular flexibility index (Phi) is 9.10. The smallest absolute Gasteiger partial charge is 0.343 e. The Morgan fingerprint density at radius 1 is 1.06 bits per heavy atom. The van der Waals surface area contributed by atoms with Gasteiger partial charge in [-0.2, -0.15) is 5.10 Å². The molecule has 0 heterocycles. The van der Waals surface area contributed by atoms with Gasteiger partial charge in [0.2, 0.25) is 0 Å². The van der Waals surface area contributed by atoms with Crippen molar-refractivity contribution in [2.45, 2.75) is 26.4 Å². The van der Waals surface area contributed by atoms with Crippen molar-refractivity contribution in [2.24, 2.45) is 5.10 Å². The minimum atomic E-state index is -0.822. The number of rotatable bonds is 8. The van der Waals surface area contributed by atoms with Crippen molar-refractivity contribution < 1.29 is 19.1 Å². The summed E-state index contributed by atoms with van der Waals surface area (Å²) in [6.07, 6.45) is 0.955. The molecule has 1 N–H and O–H groups in total. The van der Waals surface area contributed by atoms with Crippen molar-refractivity contribution in [2.75, 3.05) is 0 Å². The average molecular weight is 564 g/mol. The van der Waals surface area contributed by atoms with Crippen molar-refractivity contribution in [3.05, 3.63) is 91.9 Å². The van der Waals surface area contributed by atoms with Gasteiger partial charge in [-0.15, -0.1) is 0 Å². The number of amides is 1. The third kappa shape index (κ3) is 7.06. The van der Waals surface area contributed by atoms with Crippen molar-refractivity contribution in [3.63, 3.8) is 0 Å². The lowest BCUT2D eigenvalue weighted by Gasteiger charge is -2.16. The van der Waals surface area contributed by atoms with E-state index < -0.39 is 18.0 Å². The number of hydrogen-bond donors (Lipinski definition) is 1. The zero-order valence-electron chi connectivity index (χ0n) is 18.3. The first-order valence-corrected chi connectivity index (χ1v) is 11.8. The third-order valence-electron chi connectivity index (χ3n) is 4.67. The Morgan fingerprint density at radius 3 is 2.44 bits per heavy atom. The molecule has 0 saturated carbocycles. The third-order valence-corrected chi connectivity index (χ3v) is 5.69. The summed E-state index contributed by atoms with van der Waals surface area (Å²) in [5.41, 5.74) is 4.41. The van der Waals surface area contributed by atoms with Crippen LogP contribution in [0.1, 0.15) is 34.8 Å². The number of benzene rings is 3. The highest BCUT2D eigenvalue weighted by Crippen LogP contribution is 2.29. The predicted octanol–water partition coefficient (Wildman–Crippen LogP) is 6.59. The summed E-state index contributed by atoms with van der Waals surface area (Å²) in [5.74, 6) is -0.324. The Bertz CT molecular complexity index is 1220. The minimum absolute atomic E-state index is 0.294. The van der Waals surface area contributed by atoms with Crippen molar-refractivity contribution in [1.82, 2.24) is 5.43 Å². The van der Waals surface area contributed by atoms with Gasteiger partial charge >= 0.3 is 5.97 Å². The number of carbonyl (C=O) groups is 2. The van der Waals surface area contributed by atoms with E-state index in [0.717, 1.165) is 10.0 Å². The number of halogens is 3. The minimum Gasteiger partial charge on any atom is -0.479 e. The molecule has 6 nitrogen and oxygen atoms in total. The fourth-order valence-electron chi connectivity index (χ4n) is 2.85. The van der Waals surface area contributed by atoms with Gasteiger partial charge < -0.3 is 9.47 Å². The monoisotopic (exact) mass is 562 g/mol. The fraction of sp³-hybridized carbons (Fsp3) is 0.160. The maximum absolute atomic E-state index is 12.6. The molecule has 1 atom stereocenters. The van der Waals surface area contributed by atoms with E-state index in [2.05, 4.69) is 26.5 Å². The maximum atomic E-state index is 12.6. The van der Waals surface area contributed by atoms with Gasteiger partial charge in [0.1, 0.15) is 11.5 Å². The molecule has 0 aliphatic rings. The summed E-state index contributed by atoms with van der Waals surface area (Å²) in [6.45, 7) is 3.74. The van der Waals surface area contributed by atoms with Gasteiger partial charge in [0, 0.05) is 15.1 Å². The van der Waals surface area contributed by atoms with Crippen LogP contribution in [-0.4, -0.2) is 24.2 Å². The highest BCUT2D eigenvalue weighted by Gasteiger charge is 2.19. The summed E-state index contributed by atoms with van der Waals surface area (Å²) in [7, 11) is 0. The molecule has 3 rings (SSSR count). The van der Waals surface area contributed by atoms with Gasteiger partial charge in [0.15, 0.2) is 6.10 Å². The number of hydrogen-bond acceptors (Lipinski definition) is 5. The first kappa shape index (κ1) is 25.7. The van der Waals surface area contributed by atoms with E-state index in [1.54, 1.807) is 49.4 Å². The quantitative estimate of drug-likeness (QED) is 0.145. The van der Waals surface area contributed by atoms with Gasteiger partial charge in [-0.25, -0.2) is 10.2 Å². The molecule has 0 aliphatic carbocycles. The summed E-state index contributed by atoms with van der Waals surface area (Å²) < 4.78 is 12.0. The maximum Gasteiger partial charge on any atom is 0.343 e. The Labute approximate surface area is 216 Å². The molecule has 176 valence electrons. The van der Waals surface area contributed by atoms with Crippen LogP contribution in [0.3, 0.4) is 0 Å². The Morgan fingerprint density at radius 2 is 1.76 bits per heavy atom. The number of hydrazone groups is 1. The van der Waals surface area contributed by atoms with E-state index >= 15 is 0 Å². The van der Waals surface area contributed by atoms with E-state index in [-0.39, 0.29) is 0 Å². The topological polar surface area (TPSA) is 77.0 Å². The Hall–Kier alpha value is -2.87. The number of ether oxygens (including phenoxy) is 2.